The van der Waals surface area contributed by atoms with Crippen LogP contribution in [0.5, 0.6) is 0 Å². The van der Waals surface area contributed by atoms with E-state index in [2.05, 4.69) is 415 Å². The van der Waals surface area contributed by atoms with E-state index >= 15 is 0 Å². The Kier molecular flexibility index (Phi) is 32.4. The molecule has 2 fully saturated rings. The fourth-order valence-electron chi connectivity index (χ4n) is 17.7. The highest BCUT2D eigenvalue weighted by Crippen LogP contribution is 2.37. The Balaban J connectivity index is 0.000000123. The molecule has 0 N–H and O–H groups in total. The number of likely N-dealkylation sites (N-methyl/N-ethyl adjacent to an activating group) is 2. The van der Waals surface area contributed by atoms with Gasteiger partial charge in [-0.2, -0.15) is 25.5 Å². The van der Waals surface area contributed by atoms with Crippen molar-refractivity contribution in [2.24, 2.45) is 28.2 Å². The number of rotatable bonds is 18. The van der Waals surface area contributed by atoms with Crippen molar-refractivity contribution < 1.29 is 4.74 Å². The number of hydrogen-bond acceptors (Lipinski definition) is 16. The number of benzene rings is 4. The van der Waals surface area contributed by atoms with E-state index in [1.165, 1.54) is 93.9 Å². The van der Waals surface area contributed by atoms with Crippen molar-refractivity contribution in [3.05, 3.63) is 289 Å². The number of aryl methyl sites for hydroxylation is 5. The lowest BCUT2D eigenvalue weighted by molar-refractivity contribution is -0.0266. The zero-order valence-electron chi connectivity index (χ0n) is 86.2. The van der Waals surface area contributed by atoms with Crippen LogP contribution in [0.25, 0.3) is 127 Å². The Morgan fingerprint density at radius 3 is 1.35 bits per heavy atom. The quantitative estimate of drug-likeness (QED) is 0.0782. The second kappa shape index (κ2) is 45.0. The highest BCUT2D eigenvalue weighted by atomic mass is 16.5. The predicted molar refractivity (Wildman–Crippen MR) is 574 cm³/mol. The number of piperazine rings is 1. The monoisotopic (exact) mass is 1860 g/mol. The van der Waals surface area contributed by atoms with Crippen LogP contribution in [0.4, 0.5) is 5.69 Å². The molecule has 14 aromatic heterocycles. The molecule has 0 bridgehead atoms. The maximum atomic E-state index is 5.27. The molecule has 0 spiro atoms. The summed E-state index contributed by atoms with van der Waals surface area (Å²) < 4.78 is 19.5. The van der Waals surface area contributed by atoms with Gasteiger partial charge in [0.1, 0.15) is 11.3 Å². The zero-order valence-corrected chi connectivity index (χ0v) is 86.2. The minimum atomic E-state index is 0.371. The average Bonchev–Trinajstić information content (AvgIpc) is 1.56. The lowest BCUT2D eigenvalue weighted by Gasteiger charge is -2.33. The van der Waals surface area contributed by atoms with E-state index in [0.717, 1.165) is 161 Å². The second-order valence-electron chi connectivity index (χ2n) is 40.0. The van der Waals surface area contributed by atoms with E-state index in [9.17, 15) is 0 Å². The molecule has 0 radical (unpaired) electrons. The number of nitrogens with zero attached hydrogens (tertiary/aromatic N) is 22. The normalized spacial score (nSPS) is 13.7. The Morgan fingerprint density at radius 2 is 0.827 bits per heavy atom. The summed E-state index contributed by atoms with van der Waals surface area (Å²) in [5, 5.41) is 29.2. The summed E-state index contributed by atoms with van der Waals surface area (Å²) >= 11 is 0. The van der Waals surface area contributed by atoms with Gasteiger partial charge in [0.2, 0.25) is 0 Å². The summed E-state index contributed by atoms with van der Waals surface area (Å²) in [6.07, 6.45) is 32.1. The summed E-state index contributed by atoms with van der Waals surface area (Å²) in [7, 11) is 12.5. The maximum Gasteiger partial charge on any atom is 0.141 e. The maximum absolute atomic E-state index is 5.27. The molecule has 23 heteroatoms. The third-order valence-electron chi connectivity index (χ3n) is 27.0. The summed E-state index contributed by atoms with van der Waals surface area (Å²) in [5.41, 5.74) is 32.3. The Morgan fingerprint density at radius 1 is 0.367 bits per heavy atom. The molecule has 21 rings (SSSR count). The first-order valence-corrected chi connectivity index (χ1v) is 49.7. The molecule has 18 aromatic rings. The van der Waals surface area contributed by atoms with Crippen molar-refractivity contribution in [1.82, 2.24) is 103 Å². The number of ether oxygens (including phenoxy) is 1. The van der Waals surface area contributed by atoms with Crippen molar-refractivity contribution in [3.8, 4) is 56.2 Å². The number of aromatic nitrogens is 19. The lowest BCUT2D eigenvalue weighted by Crippen LogP contribution is -2.44. The summed E-state index contributed by atoms with van der Waals surface area (Å²) in [6, 6.07) is 52.4. The minimum absolute atomic E-state index is 0.371. The number of fused-ring (bicyclic) bond motifs is 6. The molecule has 17 heterocycles. The van der Waals surface area contributed by atoms with Gasteiger partial charge in [0.15, 0.2) is 0 Å². The Bertz CT molecular complexity index is 7230. The van der Waals surface area contributed by atoms with E-state index in [1.54, 1.807) is 0 Å². The van der Waals surface area contributed by atoms with Crippen LogP contribution in [0.2, 0.25) is 0 Å². The highest BCUT2D eigenvalue weighted by Gasteiger charge is 2.25. The standard InChI is InChI=1S/C18H19N3O.2C18H21N3.C17H23N3.C16H24N4.C16H17N3.C13H17N3/c1-12(2)13-5-6-19-17(8-13)14-3-4-18-15(7-14)9-20-21(18)16-10-22-11-16;1-12(2)14-7-8-19-17(10-14)15-5-6-18-16(9-15)11-20-21(18)13(3)4;1-4-9-21-18-6-5-15(10-16(18)12-20-21)17-11-14(13(2)3)7-8-19-17;1-12(2)14-9-15-16(11-20(4)17(15)18-10-14)13-5-7-19(3)8-6-13;1-12(2)13-9-14-15(11-19(4)16(14)17-10-13)20-7-5-18(3)6-8-20;1-11(2)15-9-13(6-7-17-15)12-4-5-16-14(8-12)10-18-19(16)3;1-9(2)11-5-6-14-13(7-11)12-8-15-16(4)10(12)3/h3-9,12,16H,10-11H2,1-2H3;5-13H,1-4H3;5-8,10-13H,4,9H2,1-3H3;5,9-12H,6-8H2,1-4H3;9-12H,5-8H2,1-4H3;4-11H,1-3H3;5-9H,1-4H3. The van der Waals surface area contributed by atoms with Gasteiger partial charge in [-0.15, -0.1) is 0 Å². The van der Waals surface area contributed by atoms with Crippen LogP contribution in [-0.2, 0) is 39.5 Å². The summed E-state index contributed by atoms with van der Waals surface area (Å²) in [5.74, 6) is 3.55. The molecule has 4 aromatic carbocycles. The van der Waals surface area contributed by atoms with Gasteiger partial charge in [0.25, 0.3) is 0 Å². The topological polar surface area (TPSA) is 208 Å². The van der Waals surface area contributed by atoms with E-state index < -0.39 is 0 Å². The summed E-state index contributed by atoms with van der Waals surface area (Å²) in [6.45, 7) is 48.5. The van der Waals surface area contributed by atoms with E-state index in [0.29, 0.717) is 53.5 Å². The molecule has 139 heavy (non-hydrogen) atoms. The van der Waals surface area contributed by atoms with Gasteiger partial charge in [-0.05, 0) is 261 Å². The van der Waals surface area contributed by atoms with Crippen molar-refractivity contribution in [2.75, 3.05) is 71.5 Å². The van der Waals surface area contributed by atoms with Crippen LogP contribution in [0.15, 0.2) is 238 Å². The fraction of sp³-hybridized carbons (Fsp3) is 0.379. The van der Waals surface area contributed by atoms with E-state index in [4.69, 9.17) is 4.74 Å². The van der Waals surface area contributed by atoms with Crippen molar-refractivity contribution in [2.45, 2.75) is 198 Å². The fourth-order valence-corrected chi connectivity index (χ4v) is 17.7. The molecule has 3 aliphatic heterocycles. The van der Waals surface area contributed by atoms with Gasteiger partial charge >= 0.3 is 0 Å². The van der Waals surface area contributed by atoms with Crippen molar-refractivity contribution in [3.63, 3.8) is 0 Å². The average molecular weight is 1860 g/mol. The third-order valence-corrected chi connectivity index (χ3v) is 27.0. The minimum Gasteiger partial charge on any atom is -0.377 e. The van der Waals surface area contributed by atoms with Crippen LogP contribution in [-0.4, -0.2) is 169 Å². The molecule has 23 nitrogen and oxygen atoms in total. The molecule has 0 saturated carbocycles. The SMILES string of the molecule is CC(C)c1cc(-c2ccc3c(cnn3C)c2)ccn1.CC(C)c1ccnc(-c2ccc3c(cnn3C(C)C)c2)c1.CC(C)c1ccnc(-c2ccc3c(cnn3C3COC3)c2)c1.CC(C)c1cnc2c(c1)c(C1=CCN(C)CC1)cn2C.CC(C)c1cnc2c(c1)c(N1CCN(C)CC1)cn2C.CCCn1ncc2cc(-c3cc(C(C)C)ccn3)ccc21.Cc1c(-c2cc(C(C)C)ccn2)cnn1C. The lowest BCUT2D eigenvalue weighted by atomic mass is 9.97. The molecule has 0 amide bonds. The predicted octanol–water partition coefficient (Wildman–Crippen LogP) is 25.8. The first-order valence-electron chi connectivity index (χ1n) is 49.7. The summed E-state index contributed by atoms with van der Waals surface area (Å²) in [4.78, 5) is 38.9. The van der Waals surface area contributed by atoms with E-state index in [-0.39, 0.29) is 0 Å². The largest absolute Gasteiger partial charge is 0.377 e. The third kappa shape index (κ3) is 23.8. The van der Waals surface area contributed by atoms with Crippen LogP contribution < -0.4 is 4.90 Å². The van der Waals surface area contributed by atoms with Gasteiger partial charge in [0.05, 0.1) is 101 Å². The van der Waals surface area contributed by atoms with Gasteiger partial charge in [-0.1, -0.05) is 134 Å². The van der Waals surface area contributed by atoms with Crippen molar-refractivity contribution in [1.29, 1.82) is 0 Å². The second-order valence-corrected chi connectivity index (χ2v) is 40.0. The number of pyridine rings is 7. The van der Waals surface area contributed by atoms with Gasteiger partial charge in [-0.3, -0.25) is 48.3 Å². The van der Waals surface area contributed by atoms with Crippen LogP contribution in [0.3, 0.4) is 0 Å². The van der Waals surface area contributed by atoms with Crippen LogP contribution in [0.1, 0.15) is 234 Å². The smallest absolute Gasteiger partial charge is 0.141 e. The molecular weight excluding hydrogens is 1720 g/mol. The zero-order chi connectivity index (χ0) is 98.6. The van der Waals surface area contributed by atoms with Gasteiger partial charge in [-0.25, -0.2) is 9.97 Å². The van der Waals surface area contributed by atoms with Crippen LogP contribution in [0, 0.1) is 6.92 Å². The van der Waals surface area contributed by atoms with Crippen molar-refractivity contribution >= 4 is 76.9 Å². The first-order chi connectivity index (χ1) is 66.8. The Hall–Kier alpha value is -13.5. The molecular formula is C116H142N22O. The highest BCUT2D eigenvalue weighted by molar-refractivity contribution is 5.94. The molecule has 3 aliphatic rings. The van der Waals surface area contributed by atoms with Gasteiger partial charge in [0, 0.05) is 207 Å². The molecule has 2 saturated heterocycles. The van der Waals surface area contributed by atoms with Crippen LogP contribution >= 0.6 is 0 Å². The first kappa shape index (κ1) is 100.0. The Labute approximate surface area is 821 Å². The number of hydrogen-bond donors (Lipinski definition) is 0. The molecule has 722 valence electrons. The van der Waals surface area contributed by atoms with Gasteiger partial charge < -0.3 is 28.6 Å². The van der Waals surface area contributed by atoms with E-state index in [1.807, 2.05) is 97.8 Å². The molecule has 0 atom stereocenters. The molecule has 0 unspecified atom stereocenters. The molecule has 0 aliphatic carbocycles. The number of anilines is 1.